The molecule has 3 aromatic rings. The lowest BCUT2D eigenvalue weighted by Gasteiger charge is -2.19. The molecule has 4 heteroatoms. The van der Waals surface area contributed by atoms with Gasteiger partial charge in [-0.15, -0.1) is 0 Å². The summed E-state index contributed by atoms with van der Waals surface area (Å²) in [6.07, 6.45) is 0. The molecule has 3 aromatic carbocycles. The molecule has 0 radical (unpaired) electrons. The Kier molecular flexibility index (Phi) is 4.76. The van der Waals surface area contributed by atoms with Gasteiger partial charge in [0, 0.05) is 30.9 Å². The van der Waals surface area contributed by atoms with Crippen molar-refractivity contribution in [2.24, 2.45) is 0 Å². The fourth-order valence-electron chi connectivity index (χ4n) is 2.69. The first-order chi connectivity index (χ1) is 11.2. The molecule has 3 rings (SSSR count). The van der Waals surface area contributed by atoms with Gasteiger partial charge >= 0.3 is 16.4 Å². The standard InChI is InChI=1S/C19H13Cl2OS/c20-17-10-6-15(7-11-17)19(23-22,14-4-2-1-3-5-14)16-8-12-18(21)13-9-16/h1-13H/q+1. The van der Waals surface area contributed by atoms with Crippen LogP contribution >= 0.6 is 23.2 Å². The predicted octanol–water partition coefficient (Wildman–Crippen LogP) is 5.71. The zero-order valence-electron chi connectivity index (χ0n) is 12.1. The van der Waals surface area contributed by atoms with Gasteiger partial charge in [-0.1, -0.05) is 77.8 Å². The van der Waals surface area contributed by atoms with Crippen LogP contribution in [0.25, 0.3) is 0 Å². The summed E-state index contributed by atoms with van der Waals surface area (Å²) in [5, 5.41) is 1.28. The molecular formula is C19H13Cl2OS+. The van der Waals surface area contributed by atoms with E-state index in [2.05, 4.69) is 0 Å². The van der Waals surface area contributed by atoms with E-state index >= 15 is 0 Å². The third kappa shape index (κ3) is 3.02. The van der Waals surface area contributed by atoms with E-state index in [0.717, 1.165) is 16.7 Å². The van der Waals surface area contributed by atoms with Gasteiger partial charge in [0.2, 0.25) is 0 Å². The molecule has 0 unspecified atom stereocenters. The molecule has 1 nitrogen and oxygen atoms in total. The van der Waals surface area contributed by atoms with E-state index in [-0.39, 0.29) is 0 Å². The lowest BCUT2D eigenvalue weighted by Crippen LogP contribution is -2.28. The van der Waals surface area contributed by atoms with Crippen molar-refractivity contribution in [3.63, 3.8) is 0 Å². The minimum Gasteiger partial charge on any atom is -0.0843 e. The predicted molar refractivity (Wildman–Crippen MR) is 97.3 cm³/mol. The summed E-state index contributed by atoms with van der Waals surface area (Å²) in [6.45, 7) is 0. The minimum atomic E-state index is -0.851. The fourth-order valence-corrected chi connectivity index (χ4v) is 3.64. The second kappa shape index (κ2) is 6.79. The number of hydrogen-bond donors (Lipinski definition) is 0. The van der Waals surface area contributed by atoms with Crippen LogP contribution < -0.4 is 0 Å². The van der Waals surface area contributed by atoms with Crippen LogP contribution in [0, 0.1) is 0 Å². The van der Waals surface area contributed by atoms with Crippen molar-refractivity contribution in [1.82, 2.24) is 0 Å². The van der Waals surface area contributed by atoms with Crippen LogP contribution in [0.5, 0.6) is 0 Å². The van der Waals surface area contributed by atoms with Crippen LogP contribution in [0.4, 0.5) is 0 Å². The molecule has 0 spiro atoms. The van der Waals surface area contributed by atoms with E-state index in [1.165, 1.54) is 0 Å². The van der Waals surface area contributed by atoms with Gasteiger partial charge < -0.3 is 0 Å². The van der Waals surface area contributed by atoms with Crippen LogP contribution in [0.1, 0.15) is 16.7 Å². The molecule has 0 bridgehead atoms. The highest BCUT2D eigenvalue weighted by Gasteiger charge is 2.50. The first-order valence-electron chi connectivity index (χ1n) is 7.05. The lowest BCUT2D eigenvalue weighted by molar-refractivity contribution is 0.594. The molecule has 114 valence electrons. The van der Waals surface area contributed by atoms with E-state index in [1.807, 2.05) is 54.6 Å². The third-order valence-corrected chi connectivity index (χ3v) is 5.27. The third-order valence-electron chi connectivity index (χ3n) is 3.81. The molecule has 23 heavy (non-hydrogen) atoms. The van der Waals surface area contributed by atoms with Crippen molar-refractivity contribution in [2.75, 3.05) is 0 Å². The highest BCUT2D eigenvalue weighted by molar-refractivity contribution is 7.67. The molecule has 0 fully saturated rings. The number of benzene rings is 3. The first-order valence-corrected chi connectivity index (χ1v) is 8.55. The largest absolute Gasteiger partial charge is 0.481 e. The van der Waals surface area contributed by atoms with E-state index < -0.39 is 4.75 Å². The number of halogens is 2. The summed E-state index contributed by atoms with van der Waals surface area (Å²) < 4.78 is 11.5. The van der Waals surface area contributed by atoms with Gasteiger partial charge in [-0.05, 0) is 24.3 Å². The van der Waals surface area contributed by atoms with Crippen molar-refractivity contribution in [2.45, 2.75) is 4.75 Å². The number of hydrogen-bond acceptors (Lipinski definition) is 1. The maximum Gasteiger partial charge on any atom is 0.481 e. The van der Waals surface area contributed by atoms with Gasteiger partial charge in [-0.3, -0.25) is 0 Å². The highest BCUT2D eigenvalue weighted by Crippen LogP contribution is 2.39. The molecule has 0 aliphatic heterocycles. The van der Waals surface area contributed by atoms with Crippen LogP contribution in [0.3, 0.4) is 0 Å². The van der Waals surface area contributed by atoms with E-state index in [0.29, 0.717) is 21.7 Å². The van der Waals surface area contributed by atoms with Gasteiger partial charge in [-0.2, -0.15) is 0 Å². The summed E-state index contributed by atoms with van der Waals surface area (Å²) in [4.78, 5) is 0. The topological polar surface area (TPSA) is 17.1 Å². The number of rotatable bonds is 4. The van der Waals surface area contributed by atoms with E-state index in [1.54, 1.807) is 24.3 Å². The van der Waals surface area contributed by atoms with Crippen molar-refractivity contribution in [3.8, 4) is 0 Å². The smallest absolute Gasteiger partial charge is 0.0843 e. The van der Waals surface area contributed by atoms with Crippen molar-refractivity contribution in [1.29, 1.82) is 0 Å². The molecule has 0 aliphatic rings. The quantitative estimate of drug-likeness (QED) is 0.430. The molecule has 0 heterocycles. The van der Waals surface area contributed by atoms with Crippen molar-refractivity contribution >= 4 is 34.9 Å². The summed E-state index contributed by atoms with van der Waals surface area (Å²) in [6, 6.07) is 24.6. The Morgan fingerprint density at radius 1 is 0.609 bits per heavy atom. The average molecular weight is 360 g/mol. The normalized spacial score (nSPS) is 11.2. The summed E-state index contributed by atoms with van der Waals surface area (Å²) >= 11 is 12.6. The monoisotopic (exact) mass is 359 g/mol. The van der Waals surface area contributed by atoms with Gasteiger partial charge in [0.25, 0.3) is 0 Å². The van der Waals surface area contributed by atoms with Gasteiger partial charge in [0.1, 0.15) is 0 Å². The lowest BCUT2D eigenvalue weighted by atomic mass is 9.84. The second-order valence-corrected chi connectivity index (χ2v) is 6.80. The molecule has 0 atom stereocenters. The molecule has 0 saturated carbocycles. The van der Waals surface area contributed by atoms with E-state index in [9.17, 15) is 4.21 Å². The van der Waals surface area contributed by atoms with E-state index in [4.69, 9.17) is 23.2 Å². The van der Waals surface area contributed by atoms with Crippen LogP contribution in [0.2, 0.25) is 10.0 Å². The van der Waals surface area contributed by atoms with Crippen molar-refractivity contribution < 1.29 is 4.21 Å². The first kappa shape index (κ1) is 16.1. The Balaban J connectivity index is 2.29. The highest BCUT2D eigenvalue weighted by atomic mass is 35.5. The molecule has 0 saturated heterocycles. The second-order valence-electron chi connectivity index (χ2n) is 5.14. The Hall–Kier alpha value is -1.74. The van der Waals surface area contributed by atoms with Crippen LogP contribution in [-0.2, 0) is 20.6 Å². The molecular weight excluding hydrogens is 347 g/mol. The van der Waals surface area contributed by atoms with Gasteiger partial charge in [0.15, 0.2) is 0 Å². The maximum atomic E-state index is 12.4. The minimum absolute atomic E-state index is 0.552. The Labute approximate surface area is 149 Å². The van der Waals surface area contributed by atoms with Crippen LogP contribution in [-0.4, -0.2) is 0 Å². The summed E-state index contributed by atoms with van der Waals surface area (Å²) in [5.74, 6) is 0. The molecule has 0 aromatic heterocycles. The van der Waals surface area contributed by atoms with Crippen LogP contribution in [0.15, 0.2) is 78.9 Å². The Morgan fingerprint density at radius 3 is 1.39 bits per heavy atom. The molecule has 0 aliphatic carbocycles. The molecule has 0 N–H and O–H groups in total. The van der Waals surface area contributed by atoms with Gasteiger partial charge in [-0.25, -0.2) is 0 Å². The fraction of sp³-hybridized carbons (Fsp3) is 0.0526. The summed E-state index contributed by atoms with van der Waals surface area (Å²) in [5.41, 5.74) is 2.69. The Bertz CT molecular complexity index is 754. The van der Waals surface area contributed by atoms with Gasteiger partial charge in [0.05, 0.1) is 0 Å². The van der Waals surface area contributed by atoms with Crippen molar-refractivity contribution in [3.05, 3.63) is 106 Å². The summed E-state index contributed by atoms with van der Waals surface area (Å²) in [7, 11) is 0. The zero-order valence-corrected chi connectivity index (χ0v) is 14.4. The molecule has 0 amide bonds. The average Bonchev–Trinajstić information content (AvgIpc) is 2.60. The SMILES string of the molecule is O=[S+]C(c1ccccc1)(c1ccc(Cl)cc1)c1ccc(Cl)cc1. The maximum absolute atomic E-state index is 12.4. The zero-order chi connectivity index (χ0) is 16.3. The Morgan fingerprint density at radius 2 is 1.00 bits per heavy atom.